The van der Waals surface area contributed by atoms with Gasteiger partial charge in [0.15, 0.2) is 11.6 Å². The molecule has 1 aliphatic rings. The van der Waals surface area contributed by atoms with Crippen molar-refractivity contribution in [2.45, 2.75) is 39.2 Å². The lowest BCUT2D eigenvalue weighted by Gasteiger charge is -2.38. The molecule has 26 heavy (non-hydrogen) atoms. The van der Waals surface area contributed by atoms with Crippen molar-refractivity contribution in [3.63, 3.8) is 0 Å². The van der Waals surface area contributed by atoms with Crippen LogP contribution in [0.15, 0.2) is 24.3 Å². The summed E-state index contributed by atoms with van der Waals surface area (Å²) in [7, 11) is 0. The van der Waals surface area contributed by atoms with E-state index in [0.717, 1.165) is 39.1 Å². The van der Waals surface area contributed by atoms with E-state index in [1.54, 1.807) is 18.2 Å². The van der Waals surface area contributed by atoms with Crippen molar-refractivity contribution in [3.8, 4) is 5.75 Å². The number of rotatable bonds is 10. The summed E-state index contributed by atoms with van der Waals surface area (Å²) in [4.78, 5) is 14.6. The molecule has 0 aliphatic carbocycles. The summed E-state index contributed by atoms with van der Waals surface area (Å²) in [6.45, 7) is 8.52. The van der Waals surface area contributed by atoms with Crippen LogP contribution in [0, 0.1) is 11.7 Å². The number of carbonyl (C=O) groups excluding carboxylic acids is 1. The van der Waals surface area contributed by atoms with E-state index in [1.807, 2.05) is 0 Å². The minimum atomic E-state index is -0.408. The number of carbonyl (C=O) groups is 1. The molecule has 1 heterocycles. The number of nitrogens with zero attached hydrogens (tertiary/aromatic N) is 1. The van der Waals surface area contributed by atoms with Gasteiger partial charge in [-0.25, -0.2) is 4.39 Å². The summed E-state index contributed by atoms with van der Waals surface area (Å²) >= 11 is 0. The predicted molar refractivity (Wildman–Crippen MR) is 99.8 cm³/mol. The molecule has 0 saturated carbocycles. The maximum Gasteiger partial charge on any atom is 0.223 e. The first kappa shape index (κ1) is 20.6. The van der Waals surface area contributed by atoms with Crippen LogP contribution in [0.2, 0.25) is 0 Å². The van der Waals surface area contributed by atoms with Crippen molar-refractivity contribution in [1.29, 1.82) is 0 Å². The fourth-order valence-electron chi connectivity index (χ4n) is 3.46. The van der Waals surface area contributed by atoms with Gasteiger partial charge in [-0.05, 0) is 18.1 Å². The second-order valence-corrected chi connectivity index (χ2v) is 6.63. The molecule has 1 fully saturated rings. The number of hydrogen-bond acceptors (Lipinski definition) is 4. The van der Waals surface area contributed by atoms with Crippen molar-refractivity contribution in [2.75, 3.05) is 39.5 Å². The third-order valence-electron chi connectivity index (χ3n) is 5.04. The number of amides is 1. The van der Waals surface area contributed by atoms with Gasteiger partial charge in [-0.1, -0.05) is 38.8 Å². The molecule has 0 spiro atoms. The van der Waals surface area contributed by atoms with Gasteiger partial charge in [-0.2, -0.15) is 0 Å². The molecule has 5 nitrogen and oxygen atoms in total. The number of benzene rings is 1. The van der Waals surface area contributed by atoms with Gasteiger partial charge < -0.3 is 14.8 Å². The minimum absolute atomic E-state index is 0.0643. The monoisotopic (exact) mass is 366 g/mol. The number of hydrogen-bond donors (Lipinski definition) is 1. The van der Waals surface area contributed by atoms with E-state index in [1.165, 1.54) is 6.07 Å². The van der Waals surface area contributed by atoms with E-state index >= 15 is 0 Å². The third kappa shape index (κ3) is 6.25. The van der Waals surface area contributed by atoms with Crippen molar-refractivity contribution in [1.82, 2.24) is 10.2 Å². The molecular weight excluding hydrogens is 335 g/mol. The van der Waals surface area contributed by atoms with Crippen LogP contribution < -0.4 is 10.1 Å². The van der Waals surface area contributed by atoms with Crippen LogP contribution in [-0.4, -0.2) is 56.3 Å². The van der Waals surface area contributed by atoms with Crippen LogP contribution in [-0.2, 0) is 9.53 Å². The smallest absolute Gasteiger partial charge is 0.223 e. The van der Waals surface area contributed by atoms with Gasteiger partial charge in [0.1, 0.15) is 0 Å². The highest BCUT2D eigenvalue weighted by molar-refractivity contribution is 5.76. The van der Waals surface area contributed by atoms with Gasteiger partial charge in [-0.15, -0.1) is 0 Å². The van der Waals surface area contributed by atoms with Gasteiger partial charge in [0.2, 0.25) is 5.91 Å². The van der Waals surface area contributed by atoms with E-state index in [0.29, 0.717) is 18.5 Å². The number of ether oxygens (including phenoxy) is 2. The van der Waals surface area contributed by atoms with E-state index in [-0.39, 0.29) is 24.7 Å². The number of nitrogens with one attached hydrogen (secondary N) is 1. The second-order valence-electron chi connectivity index (χ2n) is 6.63. The Morgan fingerprint density at radius 1 is 1.27 bits per heavy atom. The number of halogens is 1. The molecule has 1 unspecified atom stereocenters. The van der Waals surface area contributed by atoms with Crippen LogP contribution in [0.4, 0.5) is 4.39 Å². The Balaban J connectivity index is 1.79. The molecule has 1 aliphatic heterocycles. The van der Waals surface area contributed by atoms with Gasteiger partial charge in [-0.3, -0.25) is 9.69 Å². The molecule has 1 amide bonds. The molecule has 0 bridgehead atoms. The van der Waals surface area contributed by atoms with Gasteiger partial charge in [0, 0.05) is 25.7 Å². The molecule has 1 aromatic rings. The Hall–Kier alpha value is -1.66. The van der Waals surface area contributed by atoms with Gasteiger partial charge >= 0.3 is 0 Å². The molecule has 2 rings (SSSR count). The van der Waals surface area contributed by atoms with Crippen LogP contribution in [0.5, 0.6) is 5.75 Å². The highest BCUT2D eigenvalue weighted by Gasteiger charge is 2.27. The molecule has 0 radical (unpaired) electrons. The van der Waals surface area contributed by atoms with E-state index in [2.05, 4.69) is 24.1 Å². The average molecular weight is 366 g/mol. The first-order chi connectivity index (χ1) is 12.7. The largest absolute Gasteiger partial charge is 0.490 e. The zero-order valence-corrected chi connectivity index (χ0v) is 15.9. The third-order valence-corrected chi connectivity index (χ3v) is 5.04. The van der Waals surface area contributed by atoms with Crippen LogP contribution in [0.1, 0.15) is 33.1 Å². The standard InChI is InChI=1S/C20H31FN2O3/c1-3-16(4-2)18(23-10-13-25-14-11-23)15-22-20(24)9-12-26-19-8-6-5-7-17(19)21/h5-8,16,18H,3-4,9-15H2,1-2H3,(H,22,24). The maximum absolute atomic E-state index is 13.5. The molecule has 1 aromatic carbocycles. The normalized spacial score (nSPS) is 16.5. The lowest BCUT2D eigenvalue weighted by Crippen LogP contribution is -2.52. The quantitative estimate of drug-likeness (QED) is 0.692. The van der Waals surface area contributed by atoms with Crippen molar-refractivity contribution >= 4 is 5.91 Å². The number of para-hydroxylation sites is 1. The SMILES string of the molecule is CCC(CC)C(CNC(=O)CCOc1ccccc1F)N1CCOCC1. The topological polar surface area (TPSA) is 50.8 Å². The van der Waals surface area contributed by atoms with Crippen molar-refractivity contribution in [2.24, 2.45) is 5.92 Å². The Labute approximate surface area is 155 Å². The Morgan fingerprint density at radius 3 is 2.62 bits per heavy atom. The summed E-state index contributed by atoms with van der Waals surface area (Å²) < 4.78 is 24.3. The zero-order valence-electron chi connectivity index (χ0n) is 15.9. The molecule has 1 N–H and O–H groups in total. The highest BCUT2D eigenvalue weighted by atomic mass is 19.1. The van der Waals surface area contributed by atoms with E-state index < -0.39 is 5.82 Å². The summed E-state index contributed by atoms with van der Waals surface area (Å²) in [6.07, 6.45) is 2.39. The average Bonchev–Trinajstić information content (AvgIpc) is 2.67. The van der Waals surface area contributed by atoms with Crippen molar-refractivity contribution in [3.05, 3.63) is 30.1 Å². The van der Waals surface area contributed by atoms with Crippen LogP contribution >= 0.6 is 0 Å². The fraction of sp³-hybridized carbons (Fsp3) is 0.650. The van der Waals surface area contributed by atoms with Crippen molar-refractivity contribution < 1.29 is 18.7 Å². The lowest BCUT2D eigenvalue weighted by molar-refractivity contribution is -0.122. The van der Waals surface area contributed by atoms with Crippen LogP contribution in [0.3, 0.4) is 0 Å². The van der Waals surface area contributed by atoms with Gasteiger partial charge in [0.25, 0.3) is 0 Å². The summed E-state index contributed by atoms with van der Waals surface area (Å²) in [5.41, 5.74) is 0. The minimum Gasteiger partial charge on any atom is -0.490 e. The summed E-state index contributed by atoms with van der Waals surface area (Å²) in [5, 5.41) is 3.03. The molecule has 0 aromatic heterocycles. The van der Waals surface area contributed by atoms with E-state index in [4.69, 9.17) is 9.47 Å². The summed E-state index contributed by atoms with van der Waals surface area (Å²) in [5.74, 6) is 0.256. The Kier molecular flexibility index (Phi) is 8.85. The number of morpholine rings is 1. The zero-order chi connectivity index (χ0) is 18.8. The predicted octanol–water partition coefficient (Wildman–Crippen LogP) is 2.85. The maximum atomic E-state index is 13.5. The Morgan fingerprint density at radius 2 is 1.96 bits per heavy atom. The molecule has 1 atom stereocenters. The summed E-state index contributed by atoms with van der Waals surface area (Å²) in [6, 6.07) is 6.55. The van der Waals surface area contributed by atoms with E-state index in [9.17, 15) is 9.18 Å². The molecule has 1 saturated heterocycles. The second kappa shape index (κ2) is 11.1. The van der Waals surface area contributed by atoms with Gasteiger partial charge in [0.05, 0.1) is 26.2 Å². The lowest BCUT2D eigenvalue weighted by atomic mass is 9.92. The first-order valence-electron chi connectivity index (χ1n) is 9.61. The fourth-order valence-corrected chi connectivity index (χ4v) is 3.46. The molecule has 146 valence electrons. The van der Waals surface area contributed by atoms with Crippen LogP contribution in [0.25, 0.3) is 0 Å². The Bertz CT molecular complexity index is 546. The highest BCUT2D eigenvalue weighted by Crippen LogP contribution is 2.20. The molecular formula is C20H31FN2O3. The first-order valence-corrected chi connectivity index (χ1v) is 9.61. The molecule has 6 heteroatoms.